The van der Waals surface area contributed by atoms with Crippen LogP contribution in [0.4, 0.5) is 8.78 Å². The first-order valence-electron chi connectivity index (χ1n) is 3.12. The first-order chi connectivity index (χ1) is 5.65. The predicted molar refractivity (Wildman–Crippen MR) is 48.5 cm³/mol. The van der Waals surface area contributed by atoms with E-state index in [1.807, 2.05) is 22.6 Å². The van der Waals surface area contributed by atoms with Gasteiger partial charge in [-0.1, -0.05) is 0 Å². The van der Waals surface area contributed by atoms with Crippen LogP contribution in [0.15, 0.2) is 12.3 Å². The average Bonchev–Trinajstić information content (AvgIpc) is 2.04. The summed E-state index contributed by atoms with van der Waals surface area (Å²) in [6, 6.07) is 1.31. The van der Waals surface area contributed by atoms with E-state index in [0.29, 0.717) is 3.70 Å². The maximum Gasteiger partial charge on any atom is 0.267 e. The normalized spacial score (nSPS) is 10.4. The third kappa shape index (κ3) is 2.02. The number of methoxy groups -OCH3 is 1. The van der Waals surface area contributed by atoms with Gasteiger partial charge in [-0.05, 0) is 28.7 Å². The third-order valence-corrected chi connectivity index (χ3v) is 1.91. The minimum atomic E-state index is -2.52. The molecule has 2 nitrogen and oxygen atoms in total. The molecule has 66 valence electrons. The number of pyridine rings is 1. The van der Waals surface area contributed by atoms with Crippen molar-refractivity contribution in [2.24, 2.45) is 0 Å². The summed E-state index contributed by atoms with van der Waals surface area (Å²) in [6.07, 6.45) is -1.22. The molecule has 12 heavy (non-hydrogen) atoms. The number of nitrogens with zero attached hydrogens (tertiary/aromatic N) is 1. The first kappa shape index (κ1) is 9.63. The third-order valence-electron chi connectivity index (χ3n) is 1.32. The van der Waals surface area contributed by atoms with Crippen LogP contribution in [0.25, 0.3) is 0 Å². The summed E-state index contributed by atoms with van der Waals surface area (Å²) < 4.78 is 29.8. The molecule has 0 aromatic carbocycles. The summed E-state index contributed by atoms with van der Waals surface area (Å²) >= 11 is 1.87. The molecule has 1 heterocycles. The van der Waals surface area contributed by atoms with Crippen LogP contribution >= 0.6 is 22.6 Å². The summed E-state index contributed by atoms with van der Waals surface area (Å²) in [6.45, 7) is 0. The SMILES string of the molecule is COc1cnc(I)cc1C(F)F. The van der Waals surface area contributed by atoms with E-state index < -0.39 is 6.43 Å². The Bertz CT molecular complexity index is 280. The summed E-state index contributed by atoms with van der Waals surface area (Å²) in [7, 11) is 1.34. The van der Waals surface area contributed by atoms with E-state index in [9.17, 15) is 8.78 Å². The molecule has 0 amide bonds. The van der Waals surface area contributed by atoms with Gasteiger partial charge in [0.1, 0.15) is 9.45 Å². The van der Waals surface area contributed by atoms with E-state index in [2.05, 4.69) is 4.98 Å². The summed E-state index contributed by atoms with van der Waals surface area (Å²) in [4.78, 5) is 3.82. The summed E-state index contributed by atoms with van der Waals surface area (Å²) in [5, 5.41) is 0. The lowest BCUT2D eigenvalue weighted by Crippen LogP contribution is -1.94. The van der Waals surface area contributed by atoms with Crippen molar-refractivity contribution >= 4 is 22.6 Å². The molecular weight excluding hydrogens is 279 g/mol. The number of hydrogen-bond donors (Lipinski definition) is 0. The van der Waals surface area contributed by atoms with E-state index >= 15 is 0 Å². The molecule has 0 saturated carbocycles. The van der Waals surface area contributed by atoms with Crippen molar-refractivity contribution in [2.75, 3.05) is 7.11 Å². The fraction of sp³-hybridized carbons (Fsp3) is 0.286. The van der Waals surface area contributed by atoms with Crippen molar-refractivity contribution in [3.8, 4) is 5.75 Å². The Morgan fingerprint density at radius 2 is 2.25 bits per heavy atom. The molecule has 0 aliphatic heterocycles. The standard InChI is InChI=1S/C7H6F2INO/c1-12-5-3-11-6(10)2-4(5)7(8)9/h2-3,7H,1H3. The molecule has 0 aliphatic rings. The van der Waals surface area contributed by atoms with Crippen molar-refractivity contribution in [3.63, 3.8) is 0 Å². The molecule has 0 aliphatic carbocycles. The van der Waals surface area contributed by atoms with Gasteiger partial charge >= 0.3 is 0 Å². The Balaban J connectivity index is 3.12. The highest BCUT2D eigenvalue weighted by Gasteiger charge is 2.14. The molecule has 1 aromatic rings. The van der Waals surface area contributed by atoms with E-state index in [-0.39, 0.29) is 11.3 Å². The second-order valence-electron chi connectivity index (χ2n) is 2.05. The summed E-state index contributed by atoms with van der Waals surface area (Å²) in [5.74, 6) is 0.130. The van der Waals surface area contributed by atoms with Crippen molar-refractivity contribution in [1.82, 2.24) is 4.98 Å². The Kier molecular flexibility index (Phi) is 3.19. The molecule has 0 unspecified atom stereocenters. The fourth-order valence-corrected chi connectivity index (χ4v) is 1.25. The second kappa shape index (κ2) is 3.97. The number of alkyl halides is 2. The van der Waals surface area contributed by atoms with E-state index in [0.717, 1.165) is 0 Å². The van der Waals surface area contributed by atoms with Crippen molar-refractivity contribution in [2.45, 2.75) is 6.43 Å². The van der Waals surface area contributed by atoms with Crippen molar-refractivity contribution < 1.29 is 13.5 Å². The van der Waals surface area contributed by atoms with Crippen LogP contribution < -0.4 is 4.74 Å². The van der Waals surface area contributed by atoms with Gasteiger partial charge in [-0.15, -0.1) is 0 Å². The quantitative estimate of drug-likeness (QED) is 0.615. The maximum absolute atomic E-state index is 12.3. The van der Waals surface area contributed by atoms with Crippen LogP contribution in [0.2, 0.25) is 0 Å². The Morgan fingerprint density at radius 1 is 1.58 bits per heavy atom. The molecule has 0 radical (unpaired) electrons. The lowest BCUT2D eigenvalue weighted by atomic mass is 10.2. The van der Waals surface area contributed by atoms with Gasteiger partial charge in [0.05, 0.1) is 18.9 Å². The highest BCUT2D eigenvalue weighted by molar-refractivity contribution is 14.1. The number of aromatic nitrogens is 1. The van der Waals surface area contributed by atoms with Crippen molar-refractivity contribution in [1.29, 1.82) is 0 Å². The fourth-order valence-electron chi connectivity index (χ4n) is 0.773. The smallest absolute Gasteiger partial charge is 0.267 e. The molecule has 5 heteroatoms. The Labute approximate surface area is 82.1 Å². The zero-order valence-electron chi connectivity index (χ0n) is 6.22. The highest BCUT2D eigenvalue weighted by atomic mass is 127. The van der Waals surface area contributed by atoms with Gasteiger partial charge in [0.2, 0.25) is 0 Å². The summed E-state index contributed by atoms with van der Waals surface area (Å²) in [5.41, 5.74) is -0.114. The average molecular weight is 285 g/mol. The first-order valence-corrected chi connectivity index (χ1v) is 4.20. The van der Waals surface area contributed by atoms with Gasteiger partial charge in [-0.3, -0.25) is 0 Å². The molecule has 0 fully saturated rings. The Hall–Kier alpha value is -0.460. The van der Waals surface area contributed by atoms with Gasteiger partial charge in [0.25, 0.3) is 6.43 Å². The Morgan fingerprint density at radius 3 is 2.75 bits per heavy atom. The predicted octanol–water partition coefficient (Wildman–Crippen LogP) is 2.63. The molecule has 1 rings (SSSR count). The van der Waals surface area contributed by atoms with Crippen LogP contribution in [-0.2, 0) is 0 Å². The van der Waals surface area contributed by atoms with E-state index in [1.165, 1.54) is 19.4 Å². The zero-order valence-corrected chi connectivity index (χ0v) is 8.38. The van der Waals surface area contributed by atoms with Gasteiger partial charge in [-0.25, -0.2) is 13.8 Å². The van der Waals surface area contributed by atoms with Crippen LogP contribution in [0.5, 0.6) is 5.75 Å². The molecular formula is C7H6F2INO. The molecule has 1 aromatic heterocycles. The van der Waals surface area contributed by atoms with Crippen LogP contribution in [0.3, 0.4) is 0 Å². The number of rotatable bonds is 2. The lowest BCUT2D eigenvalue weighted by molar-refractivity contribution is 0.146. The number of hydrogen-bond acceptors (Lipinski definition) is 2. The minimum Gasteiger partial charge on any atom is -0.495 e. The van der Waals surface area contributed by atoms with Gasteiger partial charge in [0.15, 0.2) is 0 Å². The lowest BCUT2D eigenvalue weighted by Gasteiger charge is -2.06. The number of halogens is 3. The zero-order chi connectivity index (χ0) is 9.14. The molecule has 0 saturated heterocycles. The largest absolute Gasteiger partial charge is 0.495 e. The van der Waals surface area contributed by atoms with E-state index in [4.69, 9.17) is 4.74 Å². The van der Waals surface area contributed by atoms with Crippen LogP contribution in [-0.4, -0.2) is 12.1 Å². The van der Waals surface area contributed by atoms with Gasteiger partial charge in [-0.2, -0.15) is 0 Å². The maximum atomic E-state index is 12.3. The second-order valence-corrected chi connectivity index (χ2v) is 3.15. The van der Waals surface area contributed by atoms with E-state index in [1.54, 1.807) is 0 Å². The molecule has 0 atom stereocenters. The highest BCUT2D eigenvalue weighted by Crippen LogP contribution is 2.28. The van der Waals surface area contributed by atoms with Crippen LogP contribution in [0, 0.1) is 3.70 Å². The van der Waals surface area contributed by atoms with Crippen molar-refractivity contribution in [3.05, 3.63) is 21.5 Å². The van der Waals surface area contributed by atoms with Gasteiger partial charge in [0, 0.05) is 0 Å². The topological polar surface area (TPSA) is 22.1 Å². The molecule has 0 spiro atoms. The van der Waals surface area contributed by atoms with Gasteiger partial charge < -0.3 is 4.74 Å². The molecule has 0 N–H and O–H groups in total. The minimum absolute atomic E-state index is 0.114. The monoisotopic (exact) mass is 285 g/mol. The van der Waals surface area contributed by atoms with Crippen LogP contribution in [0.1, 0.15) is 12.0 Å². The molecule has 0 bridgehead atoms. The number of ether oxygens (including phenoxy) is 1.